The van der Waals surface area contributed by atoms with Crippen molar-refractivity contribution in [3.05, 3.63) is 22.2 Å². The Kier molecular flexibility index (Phi) is 6.19. The summed E-state index contributed by atoms with van der Waals surface area (Å²) in [7, 11) is 2.94. The van der Waals surface area contributed by atoms with E-state index in [9.17, 15) is 13.9 Å². The Morgan fingerprint density at radius 1 is 1.26 bits per heavy atom. The number of ether oxygens (including phenoxy) is 2. The van der Waals surface area contributed by atoms with Gasteiger partial charge in [-0.05, 0) is 17.7 Å². The van der Waals surface area contributed by atoms with Crippen LogP contribution in [0.3, 0.4) is 0 Å². The zero-order valence-electron chi connectivity index (χ0n) is 13.1. The highest BCUT2D eigenvalue weighted by molar-refractivity contribution is 9.10. The number of benzene rings is 1. The normalized spacial score (nSPS) is 17.8. The van der Waals surface area contributed by atoms with Gasteiger partial charge in [-0.15, -0.1) is 0 Å². The Hall–Kier alpha value is -0.960. The smallest absolute Gasteiger partial charge is 0.289 e. The van der Waals surface area contributed by atoms with E-state index in [4.69, 9.17) is 9.47 Å². The van der Waals surface area contributed by atoms with Crippen LogP contribution in [-0.4, -0.2) is 62.9 Å². The number of methoxy groups -OCH3 is 2. The maximum Gasteiger partial charge on any atom is 0.289 e. The minimum Gasteiger partial charge on any atom is -0.493 e. The van der Waals surface area contributed by atoms with Gasteiger partial charge in [0, 0.05) is 30.7 Å². The average molecular weight is 395 g/mol. The Morgan fingerprint density at radius 2 is 1.83 bits per heavy atom. The van der Waals surface area contributed by atoms with Crippen LogP contribution in [0.5, 0.6) is 11.5 Å². The first-order chi connectivity index (χ1) is 10.9. The molecular formula is C15H21BrF2N2O3. The first kappa shape index (κ1) is 18.4. The molecule has 1 aliphatic rings. The Bertz CT molecular complexity index is 540. The first-order valence-corrected chi connectivity index (χ1v) is 8.08. The van der Waals surface area contributed by atoms with Crippen LogP contribution in [0, 0.1) is 0 Å². The van der Waals surface area contributed by atoms with E-state index in [2.05, 4.69) is 21.2 Å². The van der Waals surface area contributed by atoms with Gasteiger partial charge in [0.15, 0.2) is 11.5 Å². The Labute approximate surface area is 142 Å². The fraction of sp³-hybridized carbons (Fsp3) is 0.600. The maximum atomic E-state index is 14.5. The second kappa shape index (κ2) is 7.74. The molecule has 1 aliphatic heterocycles. The van der Waals surface area contributed by atoms with Crippen molar-refractivity contribution in [1.29, 1.82) is 0 Å². The van der Waals surface area contributed by atoms with E-state index in [1.807, 2.05) is 0 Å². The Morgan fingerprint density at radius 3 is 2.35 bits per heavy atom. The molecule has 5 nitrogen and oxygen atoms in total. The van der Waals surface area contributed by atoms with Gasteiger partial charge in [0.25, 0.3) is 5.92 Å². The van der Waals surface area contributed by atoms with Gasteiger partial charge in [0.1, 0.15) is 12.6 Å². The number of halogens is 3. The van der Waals surface area contributed by atoms with Crippen molar-refractivity contribution < 1.29 is 23.4 Å². The third-order valence-electron chi connectivity index (χ3n) is 3.93. The van der Waals surface area contributed by atoms with E-state index in [0.717, 1.165) is 0 Å². The van der Waals surface area contributed by atoms with Crippen molar-refractivity contribution >= 4 is 15.9 Å². The summed E-state index contributed by atoms with van der Waals surface area (Å²) >= 11 is 3.35. The summed E-state index contributed by atoms with van der Waals surface area (Å²) in [5.74, 6) is -2.45. The van der Waals surface area contributed by atoms with Crippen LogP contribution in [0.15, 0.2) is 16.6 Å². The van der Waals surface area contributed by atoms with Crippen molar-refractivity contribution in [3.8, 4) is 11.5 Å². The average Bonchev–Trinajstić information content (AvgIpc) is 2.57. The fourth-order valence-electron chi connectivity index (χ4n) is 2.80. The summed E-state index contributed by atoms with van der Waals surface area (Å²) in [5.41, 5.74) is 0.364. The fourth-order valence-corrected chi connectivity index (χ4v) is 3.34. The van der Waals surface area contributed by atoms with Gasteiger partial charge in [0.2, 0.25) is 0 Å². The number of aliphatic hydroxyl groups excluding tert-OH is 1. The highest BCUT2D eigenvalue weighted by atomic mass is 79.9. The molecule has 1 aromatic carbocycles. The molecule has 0 aliphatic carbocycles. The largest absolute Gasteiger partial charge is 0.493 e. The predicted octanol–water partition coefficient (Wildman–Crippen LogP) is 2.04. The lowest BCUT2D eigenvalue weighted by Crippen LogP contribution is -2.51. The van der Waals surface area contributed by atoms with Crippen LogP contribution in [0.1, 0.15) is 11.6 Å². The van der Waals surface area contributed by atoms with E-state index in [1.54, 1.807) is 17.0 Å². The molecule has 0 radical (unpaired) electrons. The van der Waals surface area contributed by atoms with Crippen LogP contribution < -0.4 is 14.8 Å². The molecule has 0 unspecified atom stereocenters. The summed E-state index contributed by atoms with van der Waals surface area (Å²) in [6.45, 7) is 0.982. The van der Waals surface area contributed by atoms with Gasteiger partial charge >= 0.3 is 0 Å². The number of hydrogen-bond acceptors (Lipinski definition) is 5. The number of alkyl halides is 2. The van der Waals surface area contributed by atoms with Crippen molar-refractivity contribution in [2.24, 2.45) is 0 Å². The van der Waals surface area contributed by atoms with Crippen molar-refractivity contribution in [2.45, 2.75) is 12.0 Å². The van der Waals surface area contributed by atoms with E-state index >= 15 is 0 Å². The molecule has 1 fully saturated rings. The highest BCUT2D eigenvalue weighted by Crippen LogP contribution is 2.43. The second-order valence-corrected chi connectivity index (χ2v) is 6.19. The van der Waals surface area contributed by atoms with Gasteiger partial charge in [-0.3, -0.25) is 4.90 Å². The predicted molar refractivity (Wildman–Crippen MR) is 86.5 cm³/mol. The molecule has 0 aromatic heterocycles. The molecule has 0 bridgehead atoms. The van der Waals surface area contributed by atoms with Gasteiger partial charge < -0.3 is 19.9 Å². The SMILES string of the molecule is COc1cc(Br)c([C@H](N2CCNCC2)C(F)(F)CO)cc1OC. The van der Waals surface area contributed by atoms with Gasteiger partial charge in [-0.25, -0.2) is 8.78 Å². The molecule has 1 aromatic rings. The summed E-state index contributed by atoms with van der Waals surface area (Å²) in [6.07, 6.45) is 0. The molecule has 8 heteroatoms. The quantitative estimate of drug-likeness (QED) is 0.773. The molecular weight excluding hydrogens is 374 g/mol. The number of nitrogens with zero attached hydrogens (tertiary/aromatic N) is 1. The van der Waals surface area contributed by atoms with E-state index in [-0.39, 0.29) is 0 Å². The van der Waals surface area contributed by atoms with E-state index in [0.29, 0.717) is 47.7 Å². The molecule has 1 atom stereocenters. The van der Waals surface area contributed by atoms with E-state index in [1.165, 1.54) is 14.2 Å². The number of piperazine rings is 1. The lowest BCUT2D eigenvalue weighted by atomic mass is 9.97. The molecule has 0 spiro atoms. The zero-order chi connectivity index (χ0) is 17.0. The van der Waals surface area contributed by atoms with Gasteiger partial charge in [-0.1, -0.05) is 15.9 Å². The summed E-state index contributed by atoms with van der Waals surface area (Å²) in [4.78, 5) is 1.68. The topological polar surface area (TPSA) is 54.0 Å². The molecule has 130 valence electrons. The molecule has 0 saturated carbocycles. The number of nitrogens with one attached hydrogen (secondary N) is 1. The molecule has 23 heavy (non-hydrogen) atoms. The highest BCUT2D eigenvalue weighted by Gasteiger charge is 2.45. The number of rotatable bonds is 6. The van der Waals surface area contributed by atoms with Crippen LogP contribution in [0.25, 0.3) is 0 Å². The first-order valence-electron chi connectivity index (χ1n) is 7.29. The van der Waals surface area contributed by atoms with Crippen LogP contribution in [0.2, 0.25) is 0 Å². The minimum absolute atomic E-state index is 0.364. The van der Waals surface area contributed by atoms with E-state index < -0.39 is 18.6 Å². The van der Waals surface area contributed by atoms with Crippen molar-refractivity contribution in [2.75, 3.05) is 47.0 Å². The minimum atomic E-state index is -3.28. The van der Waals surface area contributed by atoms with Crippen molar-refractivity contribution in [1.82, 2.24) is 10.2 Å². The van der Waals surface area contributed by atoms with Crippen LogP contribution in [0.4, 0.5) is 8.78 Å². The molecule has 1 saturated heterocycles. The third-order valence-corrected chi connectivity index (χ3v) is 4.61. The molecule has 1 heterocycles. The van der Waals surface area contributed by atoms with Gasteiger partial charge in [0.05, 0.1) is 14.2 Å². The van der Waals surface area contributed by atoms with Gasteiger partial charge in [-0.2, -0.15) is 0 Å². The lowest BCUT2D eigenvalue weighted by Gasteiger charge is -2.39. The van der Waals surface area contributed by atoms with Crippen molar-refractivity contribution in [3.63, 3.8) is 0 Å². The molecule has 2 N–H and O–H groups in total. The monoisotopic (exact) mass is 394 g/mol. The Balaban J connectivity index is 2.50. The maximum absolute atomic E-state index is 14.5. The second-order valence-electron chi connectivity index (χ2n) is 5.34. The zero-order valence-corrected chi connectivity index (χ0v) is 14.7. The number of hydrogen-bond donors (Lipinski definition) is 2. The van der Waals surface area contributed by atoms with Crippen LogP contribution in [-0.2, 0) is 0 Å². The summed E-state index contributed by atoms with van der Waals surface area (Å²) in [5, 5.41) is 12.4. The molecule has 0 amide bonds. The standard InChI is InChI=1S/C15H21BrF2N2O3/c1-22-12-7-10(11(16)8-13(12)23-2)14(15(17,18)9-21)20-5-3-19-4-6-20/h7-8,14,19,21H,3-6,9H2,1-2H3/t14-/m0/s1. The molecule has 2 rings (SSSR count). The number of aliphatic hydroxyl groups is 1. The third kappa shape index (κ3) is 3.93. The summed E-state index contributed by atoms with van der Waals surface area (Å²) in [6, 6.07) is 1.90. The lowest BCUT2D eigenvalue weighted by molar-refractivity contribution is -0.118. The summed E-state index contributed by atoms with van der Waals surface area (Å²) < 4.78 is 39.9. The van der Waals surface area contributed by atoms with Crippen LogP contribution >= 0.6 is 15.9 Å².